The third kappa shape index (κ3) is 3.62. The SMILES string of the molecule is Cc1cccc(-n2c(=O)c3sccc3n(CC(=O)Nc3cccc(F)c3)c2=O)c1. The molecule has 0 unspecified atom stereocenters. The van der Waals surface area contributed by atoms with Crippen LogP contribution in [-0.2, 0) is 11.3 Å². The van der Waals surface area contributed by atoms with Gasteiger partial charge in [0, 0.05) is 5.69 Å². The molecule has 0 atom stereocenters. The van der Waals surface area contributed by atoms with Crippen molar-refractivity contribution in [1.82, 2.24) is 9.13 Å². The van der Waals surface area contributed by atoms with E-state index in [1.807, 2.05) is 13.0 Å². The summed E-state index contributed by atoms with van der Waals surface area (Å²) in [5.74, 6) is -0.979. The van der Waals surface area contributed by atoms with Gasteiger partial charge in [-0.3, -0.25) is 14.2 Å². The second-order valence-electron chi connectivity index (χ2n) is 6.54. The molecule has 0 aliphatic carbocycles. The molecule has 2 aromatic heterocycles. The maximum atomic E-state index is 13.3. The Kier molecular flexibility index (Phi) is 4.85. The summed E-state index contributed by atoms with van der Waals surface area (Å²) in [5.41, 5.74) is 0.984. The van der Waals surface area contributed by atoms with E-state index in [9.17, 15) is 18.8 Å². The fraction of sp³-hybridized carbons (Fsp3) is 0.0952. The van der Waals surface area contributed by atoms with Crippen molar-refractivity contribution in [1.29, 1.82) is 0 Å². The van der Waals surface area contributed by atoms with E-state index in [2.05, 4.69) is 5.32 Å². The third-order valence-corrected chi connectivity index (χ3v) is 5.32. The second kappa shape index (κ2) is 7.48. The molecule has 6 nitrogen and oxygen atoms in total. The highest BCUT2D eigenvalue weighted by molar-refractivity contribution is 7.17. The number of hydrogen-bond acceptors (Lipinski definition) is 4. The molecule has 0 saturated carbocycles. The van der Waals surface area contributed by atoms with Crippen LogP contribution in [0.4, 0.5) is 10.1 Å². The van der Waals surface area contributed by atoms with E-state index < -0.39 is 23.0 Å². The molecule has 146 valence electrons. The summed E-state index contributed by atoms with van der Waals surface area (Å²) in [6.07, 6.45) is 0. The van der Waals surface area contributed by atoms with Crippen LogP contribution in [0, 0.1) is 12.7 Å². The topological polar surface area (TPSA) is 73.1 Å². The number of fused-ring (bicyclic) bond motifs is 1. The Hall–Kier alpha value is -3.52. The van der Waals surface area contributed by atoms with Gasteiger partial charge in [-0.05, 0) is 54.3 Å². The van der Waals surface area contributed by atoms with Crippen molar-refractivity contribution in [3.8, 4) is 5.69 Å². The number of hydrogen-bond donors (Lipinski definition) is 1. The average Bonchev–Trinajstić information content (AvgIpc) is 3.15. The van der Waals surface area contributed by atoms with E-state index in [0.717, 1.165) is 10.1 Å². The van der Waals surface area contributed by atoms with E-state index in [4.69, 9.17) is 0 Å². The Morgan fingerprint density at radius 2 is 1.90 bits per heavy atom. The first-order valence-electron chi connectivity index (χ1n) is 8.79. The Balaban J connectivity index is 1.80. The number of halogens is 1. The minimum absolute atomic E-state index is 0.289. The number of aryl methyl sites for hydroxylation is 1. The molecule has 29 heavy (non-hydrogen) atoms. The third-order valence-electron chi connectivity index (χ3n) is 4.42. The van der Waals surface area contributed by atoms with Gasteiger partial charge in [-0.25, -0.2) is 13.8 Å². The van der Waals surface area contributed by atoms with Gasteiger partial charge in [0.25, 0.3) is 5.56 Å². The van der Waals surface area contributed by atoms with Crippen LogP contribution in [0.3, 0.4) is 0 Å². The van der Waals surface area contributed by atoms with Gasteiger partial charge in [-0.2, -0.15) is 0 Å². The fourth-order valence-corrected chi connectivity index (χ4v) is 3.97. The van der Waals surface area contributed by atoms with E-state index in [1.165, 1.54) is 34.1 Å². The van der Waals surface area contributed by atoms with Gasteiger partial charge < -0.3 is 5.32 Å². The number of nitrogens with zero attached hydrogens (tertiary/aromatic N) is 2. The van der Waals surface area contributed by atoms with Gasteiger partial charge in [0.15, 0.2) is 0 Å². The Bertz CT molecular complexity index is 1350. The van der Waals surface area contributed by atoms with E-state index in [1.54, 1.807) is 35.7 Å². The largest absolute Gasteiger partial charge is 0.336 e. The maximum Gasteiger partial charge on any atom is 0.336 e. The number of anilines is 1. The molecule has 1 N–H and O–H groups in total. The summed E-state index contributed by atoms with van der Waals surface area (Å²) in [7, 11) is 0. The van der Waals surface area contributed by atoms with E-state index in [-0.39, 0.29) is 12.2 Å². The van der Waals surface area contributed by atoms with Crippen LogP contribution >= 0.6 is 11.3 Å². The highest BCUT2D eigenvalue weighted by Gasteiger charge is 2.17. The van der Waals surface area contributed by atoms with Crippen molar-refractivity contribution in [3.05, 3.63) is 92.2 Å². The van der Waals surface area contributed by atoms with Crippen LogP contribution in [0.1, 0.15) is 5.56 Å². The lowest BCUT2D eigenvalue weighted by Crippen LogP contribution is -2.40. The molecular weight excluding hydrogens is 393 g/mol. The van der Waals surface area contributed by atoms with Crippen molar-refractivity contribution in [2.75, 3.05) is 5.32 Å². The minimum Gasteiger partial charge on any atom is -0.324 e. The van der Waals surface area contributed by atoms with Crippen LogP contribution in [0.2, 0.25) is 0 Å². The second-order valence-corrected chi connectivity index (χ2v) is 7.46. The number of benzene rings is 2. The molecular formula is C21H16FN3O3S. The number of rotatable bonds is 4. The summed E-state index contributed by atoms with van der Waals surface area (Å²) >= 11 is 1.21. The van der Waals surface area contributed by atoms with Gasteiger partial charge >= 0.3 is 5.69 Å². The maximum absolute atomic E-state index is 13.3. The normalized spacial score (nSPS) is 11.0. The number of aromatic nitrogens is 2. The molecule has 4 aromatic rings. The summed E-state index contributed by atoms with van der Waals surface area (Å²) in [6.45, 7) is 1.55. The van der Waals surface area contributed by atoms with E-state index >= 15 is 0 Å². The number of carbonyl (C=O) groups excluding carboxylic acids is 1. The molecule has 0 saturated heterocycles. The van der Waals surface area contributed by atoms with Crippen molar-refractivity contribution in [2.45, 2.75) is 13.5 Å². The molecule has 8 heteroatoms. The lowest BCUT2D eigenvalue weighted by atomic mass is 10.2. The zero-order chi connectivity index (χ0) is 20.5. The Morgan fingerprint density at radius 1 is 1.10 bits per heavy atom. The first kappa shape index (κ1) is 18.8. The van der Waals surface area contributed by atoms with Gasteiger partial charge in [-0.15, -0.1) is 11.3 Å². The molecule has 0 aliphatic rings. The fourth-order valence-electron chi connectivity index (χ4n) is 3.15. The summed E-state index contributed by atoms with van der Waals surface area (Å²) in [4.78, 5) is 38.6. The van der Waals surface area contributed by atoms with Crippen LogP contribution < -0.4 is 16.6 Å². The lowest BCUT2D eigenvalue weighted by Gasteiger charge is -2.13. The average molecular weight is 409 g/mol. The molecule has 2 heterocycles. The van der Waals surface area contributed by atoms with Gasteiger partial charge in [0.2, 0.25) is 5.91 Å². The first-order valence-corrected chi connectivity index (χ1v) is 9.67. The van der Waals surface area contributed by atoms with Crippen molar-refractivity contribution < 1.29 is 9.18 Å². The monoisotopic (exact) mass is 409 g/mol. The smallest absolute Gasteiger partial charge is 0.324 e. The first-order chi connectivity index (χ1) is 13.9. The zero-order valence-corrected chi connectivity index (χ0v) is 16.2. The van der Waals surface area contributed by atoms with Crippen molar-refractivity contribution in [2.24, 2.45) is 0 Å². The summed E-state index contributed by atoms with van der Waals surface area (Å²) < 4.78 is 16.1. The number of carbonyl (C=O) groups is 1. The van der Waals surface area contributed by atoms with Crippen LogP contribution in [0.15, 0.2) is 69.6 Å². The summed E-state index contributed by atoms with van der Waals surface area (Å²) in [6, 6.07) is 14.2. The molecule has 0 aliphatic heterocycles. The quantitative estimate of drug-likeness (QED) is 0.562. The molecule has 0 bridgehead atoms. The predicted molar refractivity (Wildman–Crippen MR) is 111 cm³/mol. The van der Waals surface area contributed by atoms with Gasteiger partial charge in [-0.1, -0.05) is 18.2 Å². The Labute approximate surface area is 168 Å². The molecule has 4 rings (SSSR count). The molecule has 0 spiro atoms. The minimum atomic E-state index is -0.610. The van der Waals surface area contributed by atoms with Crippen molar-refractivity contribution >= 4 is 33.1 Å². The summed E-state index contributed by atoms with van der Waals surface area (Å²) in [5, 5.41) is 4.28. The van der Waals surface area contributed by atoms with Crippen LogP contribution in [0.25, 0.3) is 15.9 Å². The number of nitrogens with one attached hydrogen (secondary N) is 1. The zero-order valence-electron chi connectivity index (χ0n) is 15.4. The van der Waals surface area contributed by atoms with Crippen LogP contribution in [0.5, 0.6) is 0 Å². The lowest BCUT2D eigenvalue weighted by molar-refractivity contribution is -0.116. The molecule has 0 fully saturated rings. The van der Waals surface area contributed by atoms with E-state index in [0.29, 0.717) is 15.9 Å². The predicted octanol–water partition coefficient (Wildman–Crippen LogP) is 3.30. The number of amides is 1. The highest BCUT2D eigenvalue weighted by Crippen LogP contribution is 2.17. The van der Waals surface area contributed by atoms with Crippen molar-refractivity contribution in [3.63, 3.8) is 0 Å². The Morgan fingerprint density at radius 3 is 2.66 bits per heavy atom. The standard InChI is InChI=1S/C21H16FN3O3S/c1-13-4-2-7-16(10-13)25-20(27)19-17(8-9-29-19)24(21(25)28)12-18(26)23-15-6-3-5-14(22)11-15/h2-11H,12H2,1H3,(H,23,26). The van der Waals surface area contributed by atoms with Gasteiger partial charge in [0.05, 0.1) is 11.2 Å². The molecule has 0 radical (unpaired) electrons. The number of thiophene rings is 1. The molecule has 1 amide bonds. The highest BCUT2D eigenvalue weighted by atomic mass is 32.1. The van der Waals surface area contributed by atoms with Gasteiger partial charge in [0.1, 0.15) is 17.1 Å². The molecule has 2 aromatic carbocycles. The van der Waals surface area contributed by atoms with Crippen LogP contribution in [-0.4, -0.2) is 15.0 Å².